The first-order valence-electron chi connectivity index (χ1n) is 6.27. The number of nitrogens with zero attached hydrogens (tertiary/aromatic N) is 1. The van der Waals surface area contributed by atoms with Crippen LogP contribution in [0.5, 0.6) is 0 Å². The van der Waals surface area contributed by atoms with E-state index < -0.39 is 15.7 Å². The SMILES string of the molecule is C=S(=O)(NC(N)=O)c1nc(Cl)cs1.CC(=O)C(N)CC(C)C. The smallest absolute Gasteiger partial charge is 0.323 e. The van der Waals surface area contributed by atoms with Gasteiger partial charge in [0.15, 0.2) is 4.34 Å². The van der Waals surface area contributed by atoms with E-state index in [1.807, 2.05) is 4.72 Å². The van der Waals surface area contributed by atoms with Gasteiger partial charge in [-0.3, -0.25) is 9.52 Å². The molecule has 0 spiro atoms. The Hall–Kier alpha value is -1.16. The molecule has 1 heterocycles. The number of halogens is 1. The fourth-order valence-electron chi connectivity index (χ4n) is 1.27. The Labute approximate surface area is 139 Å². The van der Waals surface area contributed by atoms with Crippen LogP contribution in [0.25, 0.3) is 0 Å². The summed E-state index contributed by atoms with van der Waals surface area (Å²) in [5.41, 5.74) is 10.3. The number of ketones is 1. The molecule has 2 unspecified atom stereocenters. The Kier molecular flexibility index (Phi) is 8.61. The van der Waals surface area contributed by atoms with Gasteiger partial charge < -0.3 is 11.5 Å². The standard InChI is InChI=1S/C7H15NO.C5H6ClN3O2S2/c1-5(2)4-7(8)6(3)9;1-13(11,9-4(7)10)5-8-3(6)2-12-5/h5,7H,4,8H2,1-3H3;2H,1H2,(H3,7,9,10,11). The predicted octanol–water partition coefficient (Wildman–Crippen LogP) is 1.40. The highest BCUT2D eigenvalue weighted by Crippen LogP contribution is 2.18. The lowest BCUT2D eigenvalue weighted by Gasteiger charge is -2.08. The van der Waals surface area contributed by atoms with Gasteiger partial charge in [0.2, 0.25) is 0 Å². The van der Waals surface area contributed by atoms with Crippen molar-refractivity contribution >= 4 is 50.3 Å². The zero-order valence-electron chi connectivity index (χ0n) is 12.7. The number of hydrogen-bond acceptors (Lipinski definition) is 6. The van der Waals surface area contributed by atoms with Crippen molar-refractivity contribution in [1.82, 2.24) is 9.71 Å². The number of primary amides is 1. The highest BCUT2D eigenvalue weighted by Gasteiger charge is 2.13. The van der Waals surface area contributed by atoms with Gasteiger partial charge in [-0.25, -0.2) is 14.0 Å². The van der Waals surface area contributed by atoms with Crippen molar-refractivity contribution in [3.8, 4) is 0 Å². The molecule has 0 fully saturated rings. The number of nitrogens with two attached hydrogens (primary N) is 2. The highest BCUT2D eigenvalue weighted by atomic mass is 35.5. The van der Waals surface area contributed by atoms with Crippen LogP contribution >= 0.6 is 22.9 Å². The summed E-state index contributed by atoms with van der Waals surface area (Å²) in [6.07, 6.45) is 0.801. The van der Waals surface area contributed by atoms with Crippen LogP contribution in [0.15, 0.2) is 9.72 Å². The van der Waals surface area contributed by atoms with Gasteiger partial charge in [0.1, 0.15) is 20.6 Å². The third-order valence-electron chi connectivity index (χ3n) is 2.25. The lowest BCUT2D eigenvalue weighted by atomic mass is 10.0. The number of nitrogens with one attached hydrogen (secondary N) is 1. The first-order valence-corrected chi connectivity index (χ1v) is 9.25. The molecule has 2 amide bonds. The molecule has 0 bridgehead atoms. The van der Waals surface area contributed by atoms with Gasteiger partial charge in [-0.15, -0.1) is 11.3 Å². The third kappa shape index (κ3) is 8.32. The van der Waals surface area contributed by atoms with Crippen molar-refractivity contribution in [2.24, 2.45) is 17.4 Å². The molecule has 22 heavy (non-hydrogen) atoms. The Balaban J connectivity index is 0.000000433. The number of aromatic nitrogens is 1. The second-order valence-electron chi connectivity index (χ2n) is 4.92. The first-order chi connectivity index (χ1) is 9.95. The fourth-order valence-corrected chi connectivity index (χ4v) is 3.54. The maximum Gasteiger partial charge on any atom is 0.323 e. The first kappa shape index (κ1) is 20.8. The molecule has 126 valence electrons. The number of carbonyl (C=O) groups is 2. The Morgan fingerprint density at radius 2 is 2.09 bits per heavy atom. The number of urea groups is 1. The maximum absolute atomic E-state index is 11.6. The van der Waals surface area contributed by atoms with Crippen molar-refractivity contribution in [2.45, 2.75) is 37.6 Å². The summed E-state index contributed by atoms with van der Waals surface area (Å²) in [5, 5.41) is 1.70. The summed E-state index contributed by atoms with van der Waals surface area (Å²) in [7, 11) is -2.94. The molecule has 7 nitrogen and oxygen atoms in total. The lowest BCUT2D eigenvalue weighted by Crippen LogP contribution is -2.34. The van der Waals surface area contributed by atoms with Crippen LogP contribution in [0.1, 0.15) is 27.2 Å². The molecule has 0 saturated heterocycles. The van der Waals surface area contributed by atoms with Crippen molar-refractivity contribution in [1.29, 1.82) is 0 Å². The van der Waals surface area contributed by atoms with E-state index in [-0.39, 0.29) is 21.3 Å². The quantitative estimate of drug-likeness (QED) is 0.676. The number of carbonyl (C=O) groups excluding carboxylic acids is 2. The molecule has 5 N–H and O–H groups in total. The minimum absolute atomic E-state index is 0.0868. The van der Waals surface area contributed by atoms with Crippen molar-refractivity contribution in [3.05, 3.63) is 10.5 Å². The summed E-state index contributed by atoms with van der Waals surface area (Å²) >= 11 is 6.55. The van der Waals surface area contributed by atoms with Crippen molar-refractivity contribution in [2.75, 3.05) is 0 Å². The molecule has 1 aromatic rings. The summed E-state index contributed by atoms with van der Waals surface area (Å²) in [4.78, 5) is 24.7. The van der Waals surface area contributed by atoms with Crippen molar-refractivity contribution in [3.63, 3.8) is 0 Å². The second kappa shape index (κ2) is 9.09. The van der Waals surface area contributed by atoms with Crippen LogP contribution in [-0.2, 0) is 14.5 Å². The minimum Gasteiger partial charge on any atom is -0.351 e. The fraction of sp³-hybridized carbons (Fsp3) is 0.500. The van der Waals surface area contributed by atoms with E-state index in [4.69, 9.17) is 23.1 Å². The Morgan fingerprint density at radius 1 is 1.55 bits per heavy atom. The van der Waals surface area contributed by atoms with Gasteiger partial charge in [0.25, 0.3) is 0 Å². The van der Waals surface area contributed by atoms with Gasteiger partial charge >= 0.3 is 6.03 Å². The number of hydrogen-bond donors (Lipinski definition) is 3. The van der Waals surface area contributed by atoms with Crippen LogP contribution in [-0.4, -0.2) is 32.9 Å². The second-order valence-corrected chi connectivity index (χ2v) is 8.37. The molecule has 1 aromatic heterocycles. The molecule has 2 atom stereocenters. The zero-order valence-corrected chi connectivity index (χ0v) is 15.1. The predicted molar refractivity (Wildman–Crippen MR) is 91.5 cm³/mol. The molecular formula is C12H21ClN4O3S2. The van der Waals surface area contributed by atoms with E-state index in [2.05, 4.69) is 24.7 Å². The number of amides is 2. The van der Waals surface area contributed by atoms with Gasteiger partial charge in [0.05, 0.1) is 6.04 Å². The average molecular weight is 369 g/mol. The lowest BCUT2D eigenvalue weighted by molar-refractivity contribution is -0.118. The Morgan fingerprint density at radius 3 is 2.36 bits per heavy atom. The molecule has 0 saturated carbocycles. The number of rotatable bonds is 5. The molecule has 10 heteroatoms. The van der Waals surface area contributed by atoms with Crippen LogP contribution < -0.4 is 16.2 Å². The monoisotopic (exact) mass is 368 g/mol. The largest absolute Gasteiger partial charge is 0.351 e. The third-order valence-corrected chi connectivity index (χ3v) is 5.49. The zero-order chi connectivity index (χ0) is 17.5. The normalized spacial score (nSPS) is 14.5. The van der Waals surface area contributed by atoms with E-state index in [1.54, 1.807) is 0 Å². The van der Waals surface area contributed by atoms with E-state index in [0.29, 0.717) is 5.92 Å². The van der Waals surface area contributed by atoms with Crippen LogP contribution in [0.2, 0.25) is 5.15 Å². The number of Topliss-reactive ketones (excluding diaryl/α,β-unsaturated/α-hetero) is 1. The summed E-state index contributed by atoms with van der Waals surface area (Å²) in [6, 6.07) is -1.16. The Bertz CT molecular complexity index is 614. The molecule has 0 aliphatic rings. The number of thiazole rings is 1. The topological polar surface area (TPSA) is 128 Å². The molecule has 0 aromatic carbocycles. The minimum atomic E-state index is -2.94. The highest BCUT2D eigenvalue weighted by molar-refractivity contribution is 8.00. The van der Waals surface area contributed by atoms with Crippen molar-refractivity contribution < 1.29 is 13.8 Å². The van der Waals surface area contributed by atoms with E-state index in [1.165, 1.54) is 12.3 Å². The van der Waals surface area contributed by atoms with Crippen LogP contribution in [0, 0.1) is 5.92 Å². The average Bonchev–Trinajstić information content (AvgIpc) is 2.74. The molecule has 0 aliphatic carbocycles. The van der Waals surface area contributed by atoms with E-state index >= 15 is 0 Å². The maximum atomic E-state index is 11.6. The van der Waals surface area contributed by atoms with Gasteiger partial charge in [-0.1, -0.05) is 25.4 Å². The summed E-state index contributed by atoms with van der Waals surface area (Å²) < 4.78 is 13.7. The van der Waals surface area contributed by atoms with Gasteiger partial charge in [0, 0.05) is 5.38 Å². The summed E-state index contributed by atoms with van der Waals surface area (Å²) in [6.45, 7) is 5.65. The molecule has 1 rings (SSSR count). The van der Waals surface area contributed by atoms with Gasteiger partial charge in [-0.05, 0) is 25.1 Å². The van der Waals surface area contributed by atoms with Gasteiger partial charge in [-0.2, -0.15) is 0 Å². The summed E-state index contributed by atoms with van der Waals surface area (Å²) in [5.74, 6) is 3.90. The molecule has 0 aliphatic heterocycles. The molecule has 0 radical (unpaired) electrons. The van der Waals surface area contributed by atoms with E-state index in [0.717, 1.165) is 17.8 Å². The van der Waals surface area contributed by atoms with Crippen LogP contribution in [0.3, 0.4) is 0 Å². The molecular weight excluding hydrogens is 348 g/mol. The van der Waals surface area contributed by atoms with Crippen LogP contribution in [0.4, 0.5) is 4.79 Å². The van der Waals surface area contributed by atoms with E-state index in [9.17, 15) is 13.8 Å².